The molecule has 1 N–H and O–H groups in total. The minimum atomic E-state index is -2.46. The molecule has 54 heavy (non-hydrogen) atoms. The molecule has 0 amide bonds. The predicted octanol–water partition coefficient (Wildman–Crippen LogP) is 12.8. The number of benzene rings is 4. The zero-order valence-corrected chi connectivity index (χ0v) is 34.3. The molecule has 7 heteroatoms. The van der Waals surface area contributed by atoms with Crippen LogP contribution in [0.5, 0.6) is 0 Å². The van der Waals surface area contributed by atoms with Crippen LogP contribution in [0.3, 0.4) is 0 Å². The third-order valence-corrected chi connectivity index (χ3v) is 8.94. The van der Waals surface area contributed by atoms with Crippen LogP contribution in [-0.2, 0) is 24.9 Å². The number of aliphatic hydroxyl groups excluding tert-OH is 1. The van der Waals surface area contributed by atoms with E-state index in [1.54, 1.807) is 6.92 Å². The normalized spacial score (nSPS) is 12.8. The van der Waals surface area contributed by atoms with Crippen molar-refractivity contribution in [2.45, 2.75) is 80.6 Å². The second-order valence-corrected chi connectivity index (χ2v) is 13.2. The third-order valence-electron chi connectivity index (χ3n) is 8.94. The summed E-state index contributed by atoms with van der Waals surface area (Å²) in [4.78, 5) is 20.3. The number of alkyl halides is 2. The summed E-state index contributed by atoms with van der Waals surface area (Å²) in [6.07, 6.45) is 0.0954. The van der Waals surface area contributed by atoms with E-state index in [1.807, 2.05) is 102 Å². The zero-order valence-electron chi connectivity index (χ0n) is 35.9. The Bertz CT molecular complexity index is 2210. The molecule has 4 aromatic carbocycles. The summed E-state index contributed by atoms with van der Waals surface area (Å²) in [6.45, 7) is 13.6. The minimum absolute atomic E-state index is 0. The fraction of sp³-hybridized carbons (Fsp3) is 0.298. The molecule has 0 saturated heterocycles. The first-order chi connectivity index (χ1) is 27.1. The van der Waals surface area contributed by atoms with Crippen molar-refractivity contribution >= 4 is 27.3 Å². The van der Waals surface area contributed by atoms with Gasteiger partial charge in [0, 0.05) is 56.8 Å². The molecule has 6 aromatic rings. The molecule has 0 spiro atoms. The number of hydrogen-bond donors (Lipinski definition) is 1. The van der Waals surface area contributed by atoms with Gasteiger partial charge in [-0.15, -0.1) is 69.8 Å². The van der Waals surface area contributed by atoms with Gasteiger partial charge in [-0.05, 0) is 64.3 Å². The summed E-state index contributed by atoms with van der Waals surface area (Å²) in [7, 11) is 0. The number of aliphatic hydroxyl groups is 1. The number of aromatic nitrogens is 2. The van der Waals surface area contributed by atoms with Gasteiger partial charge in [0.25, 0.3) is 0 Å². The topological polar surface area (TPSA) is 63.1 Å². The standard InChI is InChI=1S/2C17H14N.C13H22F2O2.Ir/c2*1-12-9-13(2)11-15(10-12)17-16-6-4-3-5-14(16)7-8-18-17;1-4-9(5-2)11(16)8-12(17)10(6-3)7-13(14)15;/h2*3-10H,1-2H3;8-10,13,17H,4-7H2,1-3H3;/q2*-1;;/b;;12-8-;/i2*7D,8D;;. The van der Waals surface area contributed by atoms with Crippen molar-refractivity contribution in [1.82, 2.24) is 9.97 Å². The van der Waals surface area contributed by atoms with Crippen molar-refractivity contribution in [2.24, 2.45) is 11.8 Å². The zero-order chi connectivity index (χ0) is 42.0. The number of pyridine rings is 2. The van der Waals surface area contributed by atoms with Crippen LogP contribution in [0, 0.1) is 51.7 Å². The van der Waals surface area contributed by atoms with E-state index in [4.69, 9.17) is 5.48 Å². The predicted molar refractivity (Wildman–Crippen MR) is 215 cm³/mol. The number of halogens is 2. The Hall–Kier alpha value is -4.58. The molecule has 1 radical (unpaired) electrons. The molecule has 6 rings (SSSR count). The van der Waals surface area contributed by atoms with E-state index in [2.05, 4.69) is 34.2 Å². The summed E-state index contributed by atoms with van der Waals surface area (Å²) in [5.74, 6) is -1.11. The number of fused-ring (bicyclic) bond motifs is 2. The summed E-state index contributed by atoms with van der Waals surface area (Å²) in [5, 5.41) is 13.0. The minimum Gasteiger partial charge on any atom is -0.512 e. The first kappa shape index (κ1) is 37.7. The Morgan fingerprint density at radius 1 is 0.741 bits per heavy atom. The Morgan fingerprint density at radius 2 is 1.17 bits per heavy atom. The molecule has 4 nitrogen and oxygen atoms in total. The first-order valence-electron chi connectivity index (χ1n) is 20.0. The van der Waals surface area contributed by atoms with Crippen LogP contribution in [-0.4, -0.2) is 27.3 Å². The number of carbonyl (C=O) groups is 1. The van der Waals surface area contributed by atoms with Crippen molar-refractivity contribution in [3.05, 3.63) is 143 Å². The molecule has 0 aliphatic heterocycles. The van der Waals surface area contributed by atoms with Gasteiger partial charge in [-0.2, -0.15) is 0 Å². The maximum Gasteiger partial charge on any atom is 0.239 e. The SMILES string of the molecule is CCC(CC)C(=O)/C=C(\O)C(CC)CC(F)F.[2H]c1nc(-c2[c-]c(C)cc(C)c2)c2ccccc2c1[2H].[2H]c1nc(-c2[c-]c(C)cc(C)c2)c2ccccc2c1[2H].[Ir]. The molecule has 1 atom stereocenters. The van der Waals surface area contributed by atoms with E-state index in [9.17, 15) is 18.7 Å². The molecule has 0 bridgehead atoms. The van der Waals surface area contributed by atoms with Crippen molar-refractivity contribution in [1.29, 1.82) is 0 Å². The van der Waals surface area contributed by atoms with Gasteiger partial charge in [-0.3, -0.25) is 4.79 Å². The molecular weight excluding hydrogens is 855 g/mol. The van der Waals surface area contributed by atoms with Gasteiger partial charge < -0.3 is 15.1 Å². The molecule has 0 fully saturated rings. The second kappa shape index (κ2) is 21.3. The molecular formula is C47H50F2IrN2O2-2. The number of ketones is 1. The average Bonchev–Trinajstić information content (AvgIpc) is 3.17. The van der Waals surface area contributed by atoms with Gasteiger partial charge in [0.1, 0.15) is 0 Å². The fourth-order valence-electron chi connectivity index (χ4n) is 6.25. The summed E-state index contributed by atoms with van der Waals surface area (Å²) in [5.41, 5.74) is 7.60. The van der Waals surface area contributed by atoms with E-state index in [0.29, 0.717) is 19.3 Å². The molecule has 2 aromatic heterocycles. The van der Waals surface area contributed by atoms with Crippen LogP contribution < -0.4 is 0 Å². The van der Waals surface area contributed by atoms with E-state index < -0.39 is 18.8 Å². The quantitative estimate of drug-likeness (QED) is 0.0845. The number of aryl methyl sites for hydroxylation is 4. The van der Waals surface area contributed by atoms with Crippen molar-refractivity contribution in [3.8, 4) is 22.5 Å². The van der Waals surface area contributed by atoms with Crippen molar-refractivity contribution < 1.29 is 44.3 Å². The monoisotopic (exact) mass is 909 g/mol. The fourth-order valence-corrected chi connectivity index (χ4v) is 6.25. The van der Waals surface area contributed by atoms with Gasteiger partial charge in [-0.1, -0.05) is 97.0 Å². The number of hydrogen-bond acceptors (Lipinski definition) is 4. The Balaban J connectivity index is 0.000000232. The van der Waals surface area contributed by atoms with Crippen LogP contribution in [0.1, 0.15) is 74.2 Å². The van der Waals surface area contributed by atoms with E-state index in [0.717, 1.165) is 72.4 Å². The summed E-state index contributed by atoms with van der Waals surface area (Å²) < 4.78 is 56.2. The van der Waals surface area contributed by atoms with Crippen LogP contribution in [0.4, 0.5) is 8.78 Å². The Labute approximate surface area is 338 Å². The number of allylic oxidation sites excluding steroid dienone is 2. The summed E-state index contributed by atoms with van der Waals surface area (Å²) >= 11 is 0. The Kier molecular flexibility index (Phi) is 14.9. The van der Waals surface area contributed by atoms with Crippen LogP contribution in [0.15, 0.2) is 109 Å². The van der Waals surface area contributed by atoms with Gasteiger partial charge in [0.05, 0.1) is 11.2 Å². The van der Waals surface area contributed by atoms with Gasteiger partial charge in [-0.25, -0.2) is 8.78 Å². The van der Waals surface area contributed by atoms with Gasteiger partial charge in [0.2, 0.25) is 6.43 Å². The van der Waals surface area contributed by atoms with E-state index in [-0.39, 0.29) is 62.0 Å². The molecule has 285 valence electrons. The first-order valence-corrected chi connectivity index (χ1v) is 18.0. The molecule has 0 aliphatic rings. The van der Waals surface area contributed by atoms with Gasteiger partial charge in [0.15, 0.2) is 5.78 Å². The van der Waals surface area contributed by atoms with E-state index in [1.165, 1.54) is 0 Å². The van der Waals surface area contributed by atoms with Crippen LogP contribution >= 0.6 is 0 Å². The van der Waals surface area contributed by atoms with Crippen molar-refractivity contribution in [3.63, 3.8) is 0 Å². The number of rotatable bonds is 10. The number of carbonyl (C=O) groups excluding carboxylic acids is 1. The summed E-state index contributed by atoms with van der Waals surface area (Å²) in [6, 6.07) is 30.3. The maximum atomic E-state index is 12.2. The van der Waals surface area contributed by atoms with Crippen LogP contribution in [0.2, 0.25) is 0 Å². The molecule has 0 aliphatic carbocycles. The van der Waals surface area contributed by atoms with Crippen molar-refractivity contribution in [2.75, 3.05) is 0 Å². The second-order valence-electron chi connectivity index (χ2n) is 13.2. The Morgan fingerprint density at radius 3 is 1.56 bits per heavy atom. The molecule has 0 saturated carbocycles. The van der Waals surface area contributed by atoms with Crippen LogP contribution in [0.25, 0.3) is 44.1 Å². The maximum absolute atomic E-state index is 12.2. The number of nitrogens with zero attached hydrogens (tertiary/aromatic N) is 2. The van der Waals surface area contributed by atoms with E-state index >= 15 is 0 Å². The average molecular weight is 909 g/mol. The third kappa shape index (κ3) is 12.2. The smallest absolute Gasteiger partial charge is 0.239 e. The molecule has 2 heterocycles. The largest absolute Gasteiger partial charge is 0.512 e. The van der Waals surface area contributed by atoms with Gasteiger partial charge >= 0.3 is 0 Å². The molecule has 1 unspecified atom stereocenters.